The van der Waals surface area contributed by atoms with Gasteiger partial charge >= 0.3 is 5.97 Å². The Hall–Kier alpha value is -0.960. The van der Waals surface area contributed by atoms with Gasteiger partial charge in [-0.1, -0.05) is 52.2 Å². The molecule has 0 saturated heterocycles. The van der Waals surface area contributed by atoms with Crippen molar-refractivity contribution in [3.63, 3.8) is 0 Å². The molecule has 0 bridgehead atoms. The van der Waals surface area contributed by atoms with Crippen LogP contribution in [-0.4, -0.2) is 18.3 Å². The average molecular weight is 323 g/mol. The van der Waals surface area contributed by atoms with Crippen LogP contribution in [0.5, 0.6) is 0 Å². The van der Waals surface area contributed by atoms with Crippen molar-refractivity contribution in [3.05, 3.63) is 29.8 Å². The first-order chi connectivity index (χ1) is 10.7. The Kier molecular flexibility index (Phi) is 10.1. The Morgan fingerprint density at radius 2 is 2.09 bits per heavy atom. The summed E-state index contributed by atoms with van der Waals surface area (Å²) in [6.45, 7) is 7.11. The molecule has 1 aromatic rings. The van der Waals surface area contributed by atoms with Gasteiger partial charge in [-0.2, -0.15) is 0 Å². The highest BCUT2D eigenvalue weighted by atomic mass is 32.2. The van der Waals surface area contributed by atoms with Crippen molar-refractivity contribution < 1.29 is 9.53 Å². The molecule has 124 valence electrons. The monoisotopic (exact) mass is 322 g/mol. The summed E-state index contributed by atoms with van der Waals surface area (Å²) in [7, 11) is 0. The van der Waals surface area contributed by atoms with Gasteiger partial charge < -0.3 is 4.74 Å². The highest BCUT2D eigenvalue weighted by Gasteiger charge is 2.10. The first-order valence-corrected chi connectivity index (χ1v) is 9.55. The molecule has 0 aromatic heterocycles. The minimum absolute atomic E-state index is 0.0610. The number of carbonyl (C=O) groups is 1. The maximum atomic E-state index is 11.8. The van der Waals surface area contributed by atoms with Crippen molar-refractivity contribution in [1.29, 1.82) is 0 Å². The number of ether oxygens (including phenoxy) is 1. The van der Waals surface area contributed by atoms with Crippen LogP contribution in [0.15, 0.2) is 29.2 Å². The summed E-state index contributed by atoms with van der Waals surface area (Å²) >= 11 is 1.73. The first kappa shape index (κ1) is 19.1. The molecule has 22 heavy (non-hydrogen) atoms. The van der Waals surface area contributed by atoms with Crippen LogP contribution in [0.25, 0.3) is 0 Å². The summed E-state index contributed by atoms with van der Waals surface area (Å²) in [6.07, 6.45) is 6.22. The third kappa shape index (κ3) is 7.88. The van der Waals surface area contributed by atoms with E-state index in [0.717, 1.165) is 18.6 Å². The Morgan fingerprint density at radius 1 is 1.27 bits per heavy atom. The van der Waals surface area contributed by atoms with Crippen LogP contribution < -0.4 is 0 Å². The van der Waals surface area contributed by atoms with Gasteiger partial charge in [0.05, 0.1) is 13.0 Å². The molecule has 1 rings (SSSR count). The molecule has 0 radical (unpaired) electrons. The molecule has 0 N–H and O–H groups in total. The molecule has 0 heterocycles. The van der Waals surface area contributed by atoms with Crippen molar-refractivity contribution in [1.82, 2.24) is 0 Å². The Morgan fingerprint density at radius 3 is 2.77 bits per heavy atom. The topological polar surface area (TPSA) is 26.3 Å². The number of unbranched alkanes of at least 4 members (excludes halogenated alkanes) is 1. The van der Waals surface area contributed by atoms with Crippen molar-refractivity contribution >= 4 is 17.7 Å². The summed E-state index contributed by atoms with van der Waals surface area (Å²) in [5.74, 6) is 1.25. The fourth-order valence-electron chi connectivity index (χ4n) is 2.29. The standard InChI is InChI=1S/C19H30O2S/c1-4-7-9-17(6-3)15-21-19(20)12-13-22-18-11-8-10-16(5-2)14-18/h8,10-11,14,17H,4-7,9,12-13,15H2,1-3H3. The van der Waals surface area contributed by atoms with Gasteiger partial charge in [0, 0.05) is 10.6 Å². The van der Waals surface area contributed by atoms with E-state index >= 15 is 0 Å². The molecule has 2 nitrogen and oxygen atoms in total. The quantitative estimate of drug-likeness (QED) is 0.398. The van der Waals surface area contributed by atoms with E-state index in [1.165, 1.54) is 29.7 Å². The van der Waals surface area contributed by atoms with Crippen LogP contribution in [0.1, 0.15) is 58.4 Å². The first-order valence-electron chi connectivity index (χ1n) is 8.56. The molecule has 0 amide bonds. The molecule has 1 atom stereocenters. The minimum atomic E-state index is -0.0610. The second kappa shape index (κ2) is 11.6. The van der Waals surface area contributed by atoms with E-state index < -0.39 is 0 Å². The Bertz CT molecular complexity index is 431. The van der Waals surface area contributed by atoms with Crippen LogP contribution in [0.2, 0.25) is 0 Å². The molecule has 1 unspecified atom stereocenters. The largest absolute Gasteiger partial charge is 0.465 e. The van der Waals surface area contributed by atoms with Gasteiger partial charge in [0.15, 0.2) is 0 Å². The van der Waals surface area contributed by atoms with E-state index in [2.05, 4.69) is 45.0 Å². The number of rotatable bonds is 11. The Labute approximate surface area is 140 Å². The SMILES string of the molecule is CCCCC(CC)COC(=O)CCSc1cccc(CC)c1. The molecule has 0 aliphatic carbocycles. The molecule has 0 aliphatic rings. The lowest BCUT2D eigenvalue weighted by molar-refractivity contribution is -0.144. The molecule has 3 heteroatoms. The number of carbonyl (C=O) groups excluding carboxylic acids is 1. The van der Waals surface area contributed by atoms with E-state index in [1.807, 2.05) is 0 Å². The zero-order valence-electron chi connectivity index (χ0n) is 14.3. The summed E-state index contributed by atoms with van der Waals surface area (Å²) in [6, 6.07) is 8.53. The van der Waals surface area contributed by atoms with Gasteiger partial charge in [0.2, 0.25) is 0 Å². The third-order valence-corrected chi connectivity index (χ3v) is 4.90. The lowest BCUT2D eigenvalue weighted by Crippen LogP contribution is -2.14. The van der Waals surface area contributed by atoms with Crippen LogP contribution >= 0.6 is 11.8 Å². The lowest BCUT2D eigenvalue weighted by Gasteiger charge is -2.14. The van der Waals surface area contributed by atoms with Crippen molar-refractivity contribution in [3.8, 4) is 0 Å². The van der Waals surface area contributed by atoms with E-state index in [9.17, 15) is 4.79 Å². The highest BCUT2D eigenvalue weighted by Crippen LogP contribution is 2.20. The number of hydrogen-bond acceptors (Lipinski definition) is 3. The average Bonchev–Trinajstić information content (AvgIpc) is 2.55. The summed E-state index contributed by atoms with van der Waals surface area (Å²) in [5, 5.41) is 0. The Balaban J connectivity index is 2.22. The van der Waals surface area contributed by atoms with Gasteiger partial charge in [-0.25, -0.2) is 0 Å². The summed E-state index contributed by atoms with van der Waals surface area (Å²) in [4.78, 5) is 13.1. The van der Waals surface area contributed by atoms with E-state index in [-0.39, 0.29) is 5.97 Å². The van der Waals surface area contributed by atoms with Crippen molar-refractivity contribution in [2.24, 2.45) is 5.92 Å². The predicted octanol–water partition coefficient (Wildman–Crippen LogP) is 5.49. The van der Waals surface area contributed by atoms with Gasteiger partial charge in [0.25, 0.3) is 0 Å². The number of aryl methyl sites for hydroxylation is 1. The van der Waals surface area contributed by atoms with Crippen molar-refractivity contribution in [2.45, 2.75) is 64.2 Å². The molecular formula is C19H30O2S. The molecule has 1 aromatic carbocycles. The fourth-order valence-corrected chi connectivity index (χ4v) is 3.20. The molecule has 0 spiro atoms. The van der Waals surface area contributed by atoms with Gasteiger partial charge in [-0.15, -0.1) is 11.8 Å². The fraction of sp³-hybridized carbons (Fsp3) is 0.632. The van der Waals surface area contributed by atoms with Gasteiger partial charge in [0.1, 0.15) is 0 Å². The molecule has 0 aliphatic heterocycles. The van der Waals surface area contributed by atoms with E-state index in [1.54, 1.807) is 11.8 Å². The van der Waals surface area contributed by atoms with Gasteiger partial charge in [-0.3, -0.25) is 4.79 Å². The molecular weight excluding hydrogens is 292 g/mol. The lowest BCUT2D eigenvalue weighted by atomic mass is 10.0. The number of thioether (sulfide) groups is 1. The summed E-state index contributed by atoms with van der Waals surface area (Å²) < 4.78 is 5.42. The number of esters is 1. The van der Waals surface area contributed by atoms with E-state index in [0.29, 0.717) is 18.9 Å². The number of benzene rings is 1. The van der Waals surface area contributed by atoms with Crippen LogP contribution in [0, 0.1) is 5.92 Å². The summed E-state index contributed by atoms with van der Waals surface area (Å²) in [5.41, 5.74) is 1.34. The zero-order valence-corrected chi connectivity index (χ0v) is 15.1. The third-order valence-electron chi connectivity index (χ3n) is 3.90. The zero-order chi connectivity index (χ0) is 16.2. The predicted molar refractivity (Wildman–Crippen MR) is 95.4 cm³/mol. The molecule has 0 saturated carbocycles. The second-order valence-corrected chi connectivity index (χ2v) is 6.87. The normalized spacial score (nSPS) is 12.1. The van der Waals surface area contributed by atoms with E-state index in [4.69, 9.17) is 4.74 Å². The molecule has 0 fully saturated rings. The van der Waals surface area contributed by atoms with Crippen LogP contribution in [-0.2, 0) is 16.0 Å². The van der Waals surface area contributed by atoms with Gasteiger partial charge in [-0.05, 0) is 36.5 Å². The van der Waals surface area contributed by atoms with Crippen LogP contribution in [0.4, 0.5) is 0 Å². The number of hydrogen-bond donors (Lipinski definition) is 0. The maximum absolute atomic E-state index is 11.8. The van der Waals surface area contributed by atoms with Crippen LogP contribution in [0.3, 0.4) is 0 Å². The minimum Gasteiger partial charge on any atom is -0.465 e. The smallest absolute Gasteiger partial charge is 0.306 e. The second-order valence-electron chi connectivity index (χ2n) is 5.70. The van der Waals surface area contributed by atoms with Crippen molar-refractivity contribution in [2.75, 3.05) is 12.4 Å². The highest BCUT2D eigenvalue weighted by molar-refractivity contribution is 7.99. The maximum Gasteiger partial charge on any atom is 0.306 e.